The molecule has 26 heavy (non-hydrogen) atoms. The van der Waals surface area contributed by atoms with Gasteiger partial charge in [-0.1, -0.05) is 11.3 Å². The Kier molecular flexibility index (Phi) is 4.86. The molecule has 0 aliphatic heterocycles. The molecule has 0 aromatic carbocycles. The summed E-state index contributed by atoms with van der Waals surface area (Å²) in [5, 5.41) is 18.6. The van der Waals surface area contributed by atoms with Crippen LogP contribution in [0.25, 0.3) is 6.08 Å². The van der Waals surface area contributed by atoms with E-state index in [2.05, 4.69) is 25.8 Å². The number of rotatable bonds is 6. The molecule has 2 aromatic rings. The first-order valence-corrected chi connectivity index (χ1v) is 9.58. The van der Waals surface area contributed by atoms with E-state index in [-0.39, 0.29) is 11.8 Å². The SMILES string of the molecule is C/C=C/c1cn(CCC2CC(NC(=O)C3CCCc4cn[nH]c43)C2)nn1. The summed E-state index contributed by atoms with van der Waals surface area (Å²) in [6, 6.07) is 0.315. The number of H-pyrrole nitrogens is 1. The van der Waals surface area contributed by atoms with Crippen LogP contribution in [0.2, 0.25) is 0 Å². The quantitative estimate of drug-likeness (QED) is 0.834. The molecule has 2 aliphatic rings. The van der Waals surface area contributed by atoms with Crippen molar-refractivity contribution >= 4 is 12.0 Å². The third-order valence-electron chi connectivity index (χ3n) is 5.60. The van der Waals surface area contributed by atoms with Crippen LogP contribution in [0, 0.1) is 5.92 Å². The van der Waals surface area contributed by atoms with Crippen LogP contribution in [-0.4, -0.2) is 37.1 Å². The maximum Gasteiger partial charge on any atom is 0.229 e. The second-order valence-electron chi connectivity index (χ2n) is 7.49. The highest BCUT2D eigenvalue weighted by atomic mass is 16.2. The average molecular weight is 354 g/mol. The lowest BCUT2D eigenvalue weighted by Gasteiger charge is -2.37. The van der Waals surface area contributed by atoms with E-state index in [9.17, 15) is 4.79 Å². The van der Waals surface area contributed by atoms with Crippen LogP contribution in [0.3, 0.4) is 0 Å². The highest BCUT2D eigenvalue weighted by molar-refractivity contribution is 5.84. The van der Waals surface area contributed by atoms with E-state index >= 15 is 0 Å². The summed E-state index contributed by atoms with van der Waals surface area (Å²) in [6.07, 6.45) is 14.0. The average Bonchev–Trinajstić information content (AvgIpc) is 3.25. The second-order valence-corrected chi connectivity index (χ2v) is 7.49. The summed E-state index contributed by atoms with van der Waals surface area (Å²) in [5.74, 6) is 0.759. The molecule has 138 valence electrons. The molecule has 0 radical (unpaired) electrons. The molecule has 1 saturated carbocycles. The lowest BCUT2D eigenvalue weighted by Crippen LogP contribution is -2.46. The van der Waals surface area contributed by atoms with E-state index in [0.29, 0.717) is 12.0 Å². The number of aryl methyl sites for hydroxylation is 2. The summed E-state index contributed by atoms with van der Waals surface area (Å²) in [7, 11) is 0. The number of amides is 1. The van der Waals surface area contributed by atoms with E-state index in [1.807, 2.05) is 36.2 Å². The summed E-state index contributed by atoms with van der Waals surface area (Å²) in [4.78, 5) is 12.6. The lowest BCUT2D eigenvalue weighted by atomic mass is 9.77. The number of nitrogens with one attached hydrogen (secondary N) is 2. The number of carbonyl (C=O) groups excluding carboxylic acids is 1. The molecular weight excluding hydrogens is 328 g/mol. The highest BCUT2D eigenvalue weighted by Gasteiger charge is 2.34. The summed E-state index contributed by atoms with van der Waals surface area (Å²) >= 11 is 0. The van der Waals surface area contributed by atoms with Gasteiger partial charge in [0.2, 0.25) is 5.91 Å². The largest absolute Gasteiger partial charge is 0.353 e. The zero-order chi connectivity index (χ0) is 17.9. The minimum atomic E-state index is -0.0551. The van der Waals surface area contributed by atoms with Gasteiger partial charge in [-0.3, -0.25) is 14.6 Å². The number of hydrogen-bond acceptors (Lipinski definition) is 4. The van der Waals surface area contributed by atoms with Crippen LogP contribution >= 0.6 is 0 Å². The Balaban J connectivity index is 1.21. The first kappa shape index (κ1) is 17.0. The number of carbonyl (C=O) groups is 1. The molecule has 7 heteroatoms. The number of aromatic amines is 1. The van der Waals surface area contributed by atoms with Crippen LogP contribution in [0.1, 0.15) is 61.9 Å². The standard InChI is InChI=1S/C19H26N6O/c1-2-4-15-12-25(24-22-15)8-7-13-9-16(10-13)21-19(26)17-6-3-5-14-11-20-23-18(14)17/h2,4,11-13,16-17H,3,5-10H2,1H3,(H,20,23)(H,21,26)/b4-2+. The van der Waals surface area contributed by atoms with Crippen molar-refractivity contribution in [2.24, 2.45) is 5.92 Å². The Bertz CT molecular complexity index is 786. The van der Waals surface area contributed by atoms with Crippen molar-refractivity contribution in [2.75, 3.05) is 0 Å². The Hall–Kier alpha value is -2.44. The van der Waals surface area contributed by atoms with Gasteiger partial charge in [0.15, 0.2) is 0 Å². The molecule has 2 N–H and O–H groups in total. The molecule has 2 heterocycles. The number of aromatic nitrogens is 5. The summed E-state index contributed by atoms with van der Waals surface area (Å²) in [6.45, 7) is 2.86. The van der Waals surface area contributed by atoms with Gasteiger partial charge in [0, 0.05) is 12.6 Å². The van der Waals surface area contributed by atoms with E-state index < -0.39 is 0 Å². The molecule has 0 bridgehead atoms. The number of nitrogens with zero attached hydrogens (tertiary/aromatic N) is 4. The first-order chi connectivity index (χ1) is 12.7. The molecule has 2 aliphatic carbocycles. The molecule has 1 fully saturated rings. The van der Waals surface area contributed by atoms with Crippen molar-refractivity contribution in [1.29, 1.82) is 0 Å². The van der Waals surface area contributed by atoms with Gasteiger partial charge in [-0.15, -0.1) is 5.10 Å². The molecule has 7 nitrogen and oxygen atoms in total. The van der Waals surface area contributed by atoms with E-state index in [4.69, 9.17) is 0 Å². The van der Waals surface area contributed by atoms with Gasteiger partial charge in [-0.05, 0) is 63.0 Å². The first-order valence-electron chi connectivity index (χ1n) is 9.58. The van der Waals surface area contributed by atoms with E-state index in [1.165, 1.54) is 5.56 Å². The molecule has 4 rings (SSSR count). The molecule has 0 spiro atoms. The fraction of sp³-hybridized carbons (Fsp3) is 0.579. The van der Waals surface area contributed by atoms with Crippen LogP contribution < -0.4 is 5.32 Å². The van der Waals surface area contributed by atoms with E-state index in [0.717, 1.165) is 56.5 Å². The van der Waals surface area contributed by atoms with E-state index in [1.54, 1.807) is 0 Å². The van der Waals surface area contributed by atoms with Crippen molar-refractivity contribution in [3.63, 3.8) is 0 Å². The normalized spacial score (nSPS) is 25.0. The van der Waals surface area contributed by atoms with Crippen molar-refractivity contribution < 1.29 is 4.79 Å². The molecule has 1 unspecified atom stereocenters. The highest BCUT2D eigenvalue weighted by Crippen LogP contribution is 2.33. The summed E-state index contributed by atoms with van der Waals surface area (Å²) < 4.78 is 1.91. The van der Waals surface area contributed by atoms with Crippen LogP contribution in [-0.2, 0) is 17.8 Å². The van der Waals surface area contributed by atoms with Crippen LogP contribution in [0.5, 0.6) is 0 Å². The smallest absolute Gasteiger partial charge is 0.229 e. The third kappa shape index (κ3) is 3.57. The van der Waals surface area contributed by atoms with Crippen molar-refractivity contribution in [1.82, 2.24) is 30.5 Å². The van der Waals surface area contributed by atoms with Gasteiger partial charge >= 0.3 is 0 Å². The Morgan fingerprint density at radius 2 is 2.35 bits per heavy atom. The van der Waals surface area contributed by atoms with Gasteiger partial charge < -0.3 is 5.32 Å². The monoisotopic (exact) mass is 354 g/mol. The fourth-order valence-electron chi connectivity index (χ4n) is 4.10. The Labute approximate surface area is 153 Å². The maximum absolute atomic E-state index is 12.6. The fourth-order valence-corrected chi connectivity index (χ4v) is 4.10. The Morgan fingerprint density at radius 3 is 3.19 bits per heavy atom. The van der Waals surface area contributed by atoms with Gasteiger partial charge in [-0.2, -0.15) is 5.10 Å². The van der Waals surface area contributed by atoms with Crippen molar-refractivity contribution in [3.8, 4) is 0 Å². The zero-order valence-corrected chi connectivity index (χ0v) is 15.2. The predicted octanol–water partition coefficient (Wildman–Crippen LogP) is 2.44. The maximum atomic E-state index is 12.6. The molecule has 1 amide bonds. The third-order valence-corrected chi connectivity index (χ3v) is 5.60. The lowest BCUT2D eigenvalue weighted by molar-refractivity contribution is -0.124. The van der Waals surface area contributed by atoms with Gasteiger partial charge in [0.1, 0.15) is 5.69 Å². The molecular formula is C19H26N6O. The topological polar surface area (TPSA) is 88.5 Å². The second kappa shape index (κ2) is 7.43. The molecule has 1 atom stereocenters. The zero-order valence-electron chi connectivity index (χ0n) is 15.2. The number of hydrogen-bond donors (Lipinski definition) is 2. The number of allylic oxidation sites excluding steroid dienone is 1. The van der Waals surface area contributed by atoms with Crippen LogP contribution in [0.15, 0.2) is 18.5 Å². The minimum Gasteiger partial charge on any atom is -0.353 e. The van der Waals surface area contributed by atoms with Gasteiger partial charge in [0.05, 0.1) is 24.0 Å². The molecule has 2 aromatic heterocycles. The van der Waals surface area contributed by atoms with Crippen LogP contribution in [0.4, 0.5) is 0 Å². The van der Waals surface area contributed by atoms with Gasteiger partial charge in [-0.25, -0.2) is 0 Å². The van der Waals surface area contributed by atoms with Crippen molar-refractivity contribution in [3.05, 3.63) is 35.4 Å². The van der Waals surface area contributed by atoms with Gasteiger partial charge in [0.25, 0.3) is 0 Å². The Morgan fingerprint density at radius 1 is 1.46 bits per heavy atom. The minimum absolute atomic E-state index is 0.0551. The number of fused-ring (bicyclic) bond motifs is 1. The van der Waals surface area contributed by atoms with Crippen molar-refractivity contribution in [2.45, 2.75) is 64.0 Å². The predicted molar refractivity (Wildman–Crippen MR) is 98.3 cm³/mol. The summed E-state index contributed by atoms with van der Waals surface area (Å²) in [5.41, 5.74) is 3.12. The molecule has 0 saturated heterocycles.